The second-order valence-corrected chi connectivity index (χ2v) is 3.89. The van der Waals surface area contributed by atoms with Crippen LogP contribution < -0.4 is 10.1 Å². The van der Waals surface area contributed by atoms with Crippen molar-refractivity contribution < 1.29 is 14.3 Å². The average molecular weight is 231 g/mol. The van der Waals surface area contributed by atoms with Gasteiger partial charge in [-0.25, -0.2) is 0 Å². The molecule has 0 aliphatic carbocycles. The maximum atomic E-state index is 11.5. The van der Waals surface area contributed by atoms with Crippen LogP contribution in [0.15, 0.2) is 29.8 Å². The maximum absolute atomic E-state index is 11.5. The molecule has 0 bridgehead atoms. The van der Waals surface area contributed by atoms with Gasteiger partial charge in [-0.05, 0) is 30.2 Å². The van der Waals surface area contributed by atoms with Gasteiger partial charge in [0.15, 0.2) is 0 Å². The zero-order valence-corrected chi connectivity index (χ0v) is 9.74. The Balaban J connectivity index is 2.35. The van der Waals surface area contributed by atoms with Crippen molar-refractivity contribution in [3.8, 4) is 5.75 Å². The minimum atomic E-state index is -0.289. The summed E-state index contributed by atoms with van der Waals surface area (Å²) in [5.74, 6) is 0.236. The first kappa shape index (κ1) is 11.4. The van der Waals surface area contributed by atoms with Gasteiger partial charge in [-0.3, -0.25) is 14.9 Å². The summed E-state index contributed by atoms with van der Waals surface area (Å²) in [6.45, 7) is 1.84. The van der Waals surface area contributed by atoms with Gasteiger partial charge in [-0.15, -0.1) is 0 Å². The Morgan fingerprint density at radius 1 is 1.24 bits per heavy atom. The van der Waals surface area contributed by atoms with Gasteiger partial charge in [0.2, 0.25) is 5.91 Å². The second kappa shape index (κ2) is 4.41. The van der Waals surface area contributed by atoms with E-state index in [1.54, 1.807) is 7.11 Å². The molecule has 0 atom stereocenters. The van der Waals surface area contributed by atoms with E-state index in [0.29, 0.717) is 5.57 Å². The smallest absolute Gasteiger partial charge is 0.254 e. The molecule has 2 rings (SSSR count). The zero-order chi connectivity index (χ0) is 12.4. The minimum absolute atomic E-state index is 0.163. The molecule has 4 nitrogen and oxygen atoms in total. The molecule has 17 heavy (non-hydrogen) atoms. The van der Waals surface area contributed by atoms with Crippen LogP contribution in [0.1, 0.15) is 18.9 Å². The lowest BCUT2D eigenvalue weighted by Crippen LogP contribution is -2.19. The van der Waals surface area contributed by atoms with E-state index in [2.05, 4.69) is 5.32 Å². The van der Waals surface area contributed by atoms with Gasteiger partial charge in [0.25, 0.3) is 5.91 Å². The number of methoxy groups -OCH3 is 1. The molecule has 0 aromatic heterocycles. The molecule has 1 aromatic carbocycles. The van der Waals surface area contributed by atoms with Crippen LogP contribution in [0.2, 0.25) is 0 Å². The molecule has 1 heterocycles. The van der Waals surface area contributed by atoms with E-state index < -0.39 is 0 Å². The van der Waals surface area contributed by atoms with Crippen LogP contribution in [0.3, 0.4) is 0 Å². The Hall–Kier alpha value is -2.10. The van der Waals surface area contributed by atoms with Gasteiger partial charge in [0.1, 0.15) is 5.75 Å². The fourth-order valence-corrected chi connectivity index (χ4v) is 1.81. The number of benzene rings is 1. The van der Waals surface area contributed by atoms with Crippen molar-refractivity contribution in [2.24, 2.45) is 0 Å². The van der Waals surface area contributed by atoms with Gasteiger partial charge in [0.05, 0.1) is 13.5 Å². The summed E-state index contributed by atoms with van der Waals surface area (Å²) in [5, 5.41) is 2.28. The van der Waals surface area contributed by atoms with Gasteiger partial charge >= 0.3 is 0 Å². The molecule has 1 aliphatic heterocycles. The van der Waals surface area contributed by atoms with Crippen LogP contribution in [0.4, 0.5) is 0 Å². The molecule has 1 fully saturated rings. The van der Waals surface area contributed by atoms with Gasteiger partial charge < -0.3 is 4.74 Å². The van der Waals surface area contributed by atoms with Crippen LogP contribution >= 0.6 is 0 Å². The summed E-state index contributed by atoms with van der Waals surface area (Å²) < 4.78 is 5.06. The standard InChI is InChI=1S/C13H13NO3/c1-8(11-7-12(15)14-13(11)16)9-3-5-10(17-2)6-4-9/h3-6H,7H2,1-2H3,(H,14,15,16). The normalized spacial score (nSPS) is 18.0. The summed E-state index contributed by atoms with van der Waals surface area (Å²) in [6, 6.07) is 7.40. The molecule has 1 saturated heterocycles. The molecule has 88 valence electrons. The van der Waals surface area contributed by atoms with Gasteiger partial charge in [0, 0.05) is 5.57 Å². The van der Waals surface area contributed by atoms with Crippen LogP contribution in [-0.4, -0.2) is 18.9 Å². The lowest BCUT2D eigenvalue weighted by Gasteiger charge is -2.05. The fraction of sp³-hybridized carbons (Fsp3) is 0.231. The molecule has 1 aliphatic rings. The third-order valence-electron chi connectivity index (χ3n) is 2.84. The molecule has 0 radical (unpaired) electrons. The van der Waals surface area contributed by atoms with Crippen LogP contribution in [0.5, 0.6) is 5.75 Å². The zero-order valence-electron chi connectivity index (χ0n) is 9.74. The van der Waals surface area contributed by atoms with E-state index in [0.717, 1.165) is 16.9 Å². The molecule has 1 N–H and O–H groups in total. The van der Waals surface area contributed by atoms with Crippen LogP contribution in [-0.2, 0) is 9.59 Å². The number of carbonyl (C=O) groups excluding carboxylic acids is 2. The lowest BCUT2D eigenvalue weighted by molar-refractivity contribution is -0.124. The number of amides is 2. The Morgan fingerprint density at radius 3 is 2.35 bits per heavy atom. The van der Waals surface area contributed by atoms with Crippen molar-refractivity contribution in [3.63, 3.8) is 0 Å². The predicted octanol–water partition coefficient (Wildman–Crippen LogP) is 1.52. The van der Waals surface area contributed by atoms with Crippen molar-refractivity contribution in [3.05, 3.63) is 35.4 Å². The summed E-state index contributed by atoms with van der Waals surface area (Å²) in [5.41, 5.74) is 2.29. The van der Waals surface area contributed by atoms with Crippen molar-refractivity contribution in [2.75, 3.05) is 7.11 Å². The highest BCUT2D eigenvalue weighted by atomic mass is 16.5. The molecule has 2 amide bonds. The Bertz CT molecular complexity index is 500. The predicted molar refractivity (Wildman–Crippen MR) is 63.4 cm³/mol. The first-order valence-corrected chi connectivity index (χ1v) is 5.30. The van der Waals surface area contributed by atoms with Crippen molar-refractivity contribution in [2.45, 2.75) is 13.3 Å². The average Bonchev–Trinajstić information content (AvgIpc) is 2.68. The minimum Gasteiger partial charge on any atom is -0.497 e. The van der Waals surface area contributed by atoms with E-state index in [1.165, 1.54) is 0 Å². The fourth-order valence-electron chi connectivity index (χ4n) is 1.81. The molecular formula is C13H13NO3. The quantitative estimate of drug-likeness (QED) is 0.620. The largest absolute Gasteiger partial charge is 0.497 e. The van der Waals surface area contributed by atoms with Crippen molar-refractivity contribution in [1.29, 1.82) is 0 Å². The topological polar surface area (TPSA) is 55.4 Å². The third kappa shape index (κ3) is 2.20. The summed E-state index contributed by atoms with van der Waals surface area (Å²) in [7, 11) is 1.60. The van der Waals surface area contributed by atoms with Crippen molar-refractivity contribution >= 4 is 17.4 Å². The number of ether oxygens (including phenoxy) is 1. The van der Waals surface area contributed by atoms with E-state index >= 15 is 0 Å². The highest BCUT2D eigenvalue weighted by Crippen LogP contribution is 2.25. The second-order valence-electron chi connectivity index (χ2n) is 3.89. The summed E-state index contributed by atoms with van der Waals surface area (Å²) in [4.78, 5) is 22.6. The van der Waals surface area contributed by atoms with E-state index in [1.807, 2.05) is 31.2 Å². The number of hydrogen-bond acceptors (Lipinski definition) is 3. The highest BCUT2D eigenvalue weighted by molar-refractivity contribution is 6.17. The van der Waals surface area contributed by atoms with E-state index in [4.69, 9.17) is 4.74 Å². The number of nitrogens with one attached hydrogen (secondary N) is 1. The molecule has 0 saturated carbocycles. The summed E-state index contributed by atoms with van der Waals surface area (Å²) in [6.07, 6.45) is 0.163. The summed E-state index contributed by atoms with van der Waals surface area (Å²) >= 11 is 0. The lowest BCUT2D eigenvalue weighted by atomic mass is 10.0. The molecule has 0 spiro atoms. The van der Waals surface area contributed by atoms with Crippen molar-refractivity contribution in [1.82, 2.24) is 5.32 Å². The number of rotatable bonds is 2. The first-order chi connectivity index (χ1) is 8.11. The van der Waals surface area contributed by atoms with E-state index in [-0.39, 0.29) is 18.2 Å². The van der Waals surface area contributed by atoms with E-state index in [9.17, 15) is 9.59 Å². The SMILES string of the molecule is COc1ccc(C(C)=C2CC(=O)NC2=O)cc1. The molecule has 0 unspecified atom stereocenters. The highest BCUT2D eigenvalue weighted by Gasteiger charge is 2.26. The molecule has 4 heteroatoms. The molecule has 1 aromatic rings. The van der Waals surface area contributed by atoms with Crippen LogP contribution in [0, 0.1) is 0 Å². The first-order valence-electron chi connectivity index (χ1n) is 5.30. The van der Waals surface area contributed by atoms with Crippen LogP contribution in [0.25, 0.3) is 5.57 Å². The third-order valence-corrected chi connectivity index (χ3v) is 2.84. The number of hydrogen-bond donors (Lipinski definition) is 1. The number of imide groups is 1. The number of allylic oxidation sites excluding steroid dienone is 1. The Kier molecular flexibility index (Phi) is 2.95. The monoisotopic (exact) mass is 231 g/mol. The molecular weight excluding hydrogens is 218 g/mol. The Labute approximate surface area is 99.3 Å². The van der Waals surface area contributed by atoms with Gasteiger partial charge in [-0.2, -0.15) is 0 Å². The number of carbonyl (C=O) groups is 2. The Morgan fingerprint density at radius 2 is 1.88 bits per heavy atom. The maximum Gasteiger partial charge on any atom is 0.254 e. The van der Waals surface area contributed by atoms with Gasteiger partial charge in [-0.1, -0.05) is 12.1 Å².